The molecule has 2 fully saturated rings. The molecule has 2 aromatic rings. The van der Waals surface area contributed by atoms with Gasteiger partial charge in [-0.2, -0.15) is 5.10 Å². The molecule has 1 amide bonds. The number of aryl methyl sites for hydroxylation is 1. The molecule has 8 heteroatoms. The number of hydrogen-bond acceptors (Lipinski definition) is 5. The Bertz CT molecular complexity index is 803. The Morgan fingerprint density at radius 2 is 2.27 bits per heavy atom. The van der Waals surface area contributed by atoms with E-state index in [2.05, 4.69) is 10.1 Å². The Morgan fingerprint density at radius 3 is 3.00 bits per heavy atom. The van der Waals surface area contributed by atoms with Gasteiger partial charge >= 0.3 is 0 Å². The topological polar surface area (TPSA) is 69.5 Å². The average molecular weight is 360 g/mol. The zero-order valence-corrected chi connectivity index (χ0v) is 14.6. The molecule has 1 atom stereocenters. The second-order valence-electron chi connectivity index (χ2n) is 6.83. The van der Waals surface area contributed by atoms with Crippen LogP contribution < -0.4 is 4.74 Å². The second-order valence-corrected chi connectivity index (χ2v) is 6.83. The third kappa shape index (κ3) is 2.94. The van der Waals surface area contributed by atoms with Crippen LogP contribution in [0, 0.1) is 11.7 Å². The van der Waals surface area contributed by atoms with Crippen molar-refractivity contribution in [2.45, 2.75) is 18.4 Å². The molecule has 4 rings (SSSR count). The van der Waals surface area contributed by atoms with Crippen molar-refractivity contribution >= 4 is 5.91 Å². The van der Waals surface area contributed by atoms with Gasteiger partial charge in [0.05, 0.1) is 19.7 Å². The quantitative estimate of drug-likeness (QED) is 0.811. The molecular formula is C18H21FN4O3. The van der Waals surface area contributed by atoms with E-state index in [9.17, 15) is 9.18 Å². The molecule has 1 unspecified atom stereocenters. The van der Waals surface area contributed by atoms with E-state index in [1.165, 1.54) is 18.3 Å². The van der Waals surface area contributed by atoms with Gasteiger partial charge in [-0.05, 0) is 37.0 Å². The van der Waals surface area contributed by atoms with Crippen LogP contribution in [0.2, 0.25) is 0 Å². The van der Waals surface area contributed by atoms with Gasteiger partial charge in [-0.15, -0.1) is 0 Å². The van der Waals surface area contributed by atoms with Gasteiger partial charge in [0.2, 0.25) is 5.88 Å². The van der Waals surface area contributed by atoms with E-state index in [0.717, 1.165) is 12.8 Å². The molecule has 0 saturated carbocycles. The summed E-state index contributed by atoms with van der Waals surface area (Å²) in [6.07, 6.45) is 4.78. The van der Waals surface area contributed by atoms with E-state index >= 15 is 0 Å². The van der Waals surface area contributed by atoms with E-state index < -0.39 is 5.82 Å². The molecule has 0 aromatic carbocycles. The van der Waals surface area contributed by atoms with Gasteiger partial charge in [0.25, 0.3) is 5.91 Å². The number of aromatic nitrogens is 3. The molecule has 0 aliphatic carbocycles. The number of halogens is 1. The molecule has 7 nitrogen and oxygen atoms in total. The molecule has 138 valence electrons. The lowest BCUT2D eigenvalue weighted by molar-refractivity contribution is -0.119. The van der Waals surface area contributed by atoms with Gasteiger partial charge < -0.3 is 14.4 Å². The zero-order valence-electron chi connectivity index (χ0n) is 14.6. The van der Waals surface area contributed by atoms with E-state index in [1.807, 2.05) is 0 Å². The highest BCUT2D eigenvalue weighted by molar-refractivity contribution is 5.93. The molecule has 0 radical (unpaired) electrons. The lowest BCUT2D eigenvalue weighted by atomic mass is 9.79. The first kappa shape index (κ1) is 17.0. The monoisotopic (exact) mass is 360 g/mol. The number of carbonyl (C=O) groups excluding carboxylic acids is 1. The summed E-state index contributed by atoms with van der Waals surface area (Å²) in [5.74, 6) is -0.176. The predicted molar refractivity (Wildman–Crippen MR) is 90.2 cm³/mol. The molecule has 2 aliphatic heterocycles. The third-order valence-electron chi connectivity index (χ3n) is 5.27. The Morgan fingerprint density at radius 1 is 1.42 bits per heavy atom. The van der Waals surface area contributed by atoms with Crippen LogP contribution in [0.3, 0.4) is 0 Å². The first-order valence-electron chi connectivity index (χ1n) is 8.74. The molecule has 0 bridgehead atoms. The summed E-state index contributed by atoms with van der Waals surface area (Å²) in [7, 11) is 1.76. The lowest BCUT2D eigenvalue weighted by Crippen LogP contribution is -2.66. The van der Waals surface area contributed by atoms with Gasteiger partial charge in [0.15, 0.2) is 5.82 Å². The van der Waals surface area contributed by atoms with E-state index in [-0.39, 0.29) is 23.3 Å². The fourth-order valence-corrected chi connectivity index (χ4v) is 3.81. The van der Waals surface area contributed by atoms with Crippen molar-refractivity contribution in [1.29, 1.82) is 0 Å². The third-order valence-corrected chi connectivity index (χ3v) is 5.27. The Labute approximate surface area is 150 Å². The summed E-state index contributed by atoms with van der Waals surface area (Å²) in [4.78, 5) is 18.2. The summed E-state index contributed by atoms with van der Waals surface area (Å²) in [5.41, 5.74) is 0.267. The maximum atomic E-state index is 13.6. The van der Waals surface area contributed by atoms with Gasteiger partial charge in [-0.1, -0.05) is 0 Å². The zero-order chi connectivity index (χ0) is 18.1. The van der Waals surface area contributed by atoms with Crippen LogP contribution in [0.25, 0.3) is 0 Å². The number of amides is 1. The Kier molecular flexibility index (Phi) is 4.36. The van der Waals surface area contributed by atoms with Crippen molar-refractivity contribution in [3.63, 3.8) is 0 Å². The summed E-state index contributed by atoms with van der Waals surface area (Å²) in [6.45, 7) is 2.19. The first-order valence-corrected chi connectivity index (χ1v) is 8.74. The van der Waals surface area contributed by atoms with Gasteiger partial charge in [0, 0.05) is 26.0 Å². The molecule has 0 N–H and O–H groups in total. The fourth-order valence-electron chi connectivity index (χ4n) is 3.81. The highest BCUT2D eigenvalue weighted by Crippen LogP contribution is 2.42. The summed E-state index contributed by atoms with van der Waals surface area (Å²) >= 11 is 0. The molecule has 4 heterocycles. The van der Waals surface area contributed by atoms with Gasteiger partial charge in [0.1, 0.15) is 11.3 Å². The molecule has 26 heavy (non-hydrogen) atoms. The molecule has 2 aliphatic rings. The minimum absolute atomic E-state index is 0.0297. The van der Waals surface area contributed by atoms with Crippen LogP contribution in [0.1, 0.15) is 23.3 Å². The van der Waals surface area contributed by atoms with Crippen molar-refractivity contribution in [2.75, 3.05) is 26.3 Å². The van der Waals surface area contributed by atoms with Gasteiger partial charge in [-0.3, -0.25) is 9.48 Å². The minimum atomic E-state index is -0.457. The molecule has 2 saturated heterocycles. The number of pyridine rings is 1. The maximum Gasteiger partial charge on any atom is 0.272 e. The summed E-state index contributed by atoms with van der Waals surface area (Å²) in [5, 5.41) is 4.04. The minimum Gasteiger partial charge on any atom is -0.476 e. The Hall–Kier alpha value is -2.48. The number of ether oxygens (including phenoxy) is 2. The van der Waals surface area contributed by atoms with E-state index in [4.69, 9.17) is 9.47 Å². The molecule has 1 spiro atoms. The van der Waals surface area contributed by atoms with E-state index in [1.54, 1.807) is 28.9 Å². The predicted octanol–water partition coefficient (Wildman–Crippen LogP) is 1.65. The van der Waals surface area contributed by atoms with Crippen molar-refractivity contribution < 1.29 is 18.7 Å². The average Bonchev–Trinajstić information content (AvgIpc) is 3.21. The van der Waals surface area contributed by atoms with Crippen LogP contribution in [0.5, 0.6) is 5.88 Å². The number of rotatable bonds is 5. The van der Waals surface area contributed by atoms with Gasteiger partial charge in [-0.25, -0.2) is 9.37 Å². The molecular weight excluding hydrogens is 339 g/mol. The van der Waals surface area contributed by atoms with Crippen LogP contribution in [-0.4, -0.2) is 57.5 Å². The largest absolute Gasteiger partial charge is 0.476 e. The standard InChI is InChI=1S/C18H21FN4O3/c1-22-15(4-8-21-22)17(24)23-11-18(12-23)13(6-10-26-18)5-9-25-16-14(19)3-2-7-20-16/h2-4,7-8,13H,5-6,9-12H2,1H3. The van der Waals surface area contributed by atoms with Crippen LogP contribution >= 0.6 is 0 Å². The summed E-state index contributed by atoms with van der Waals surface area (Å²) < 4.78 is 26.6. The van der Waals surface area contributed by atoms with Crippen LogP contribution in [-0.2, 0) is 11.8 Å². The van der Waals surface area contributed by atoms with Crippen molar-refractivity contribution in [3.05, 3.63) is 42.1 Å². The van der Waals surface area contributed by atoms with Crippen LogP contribution in [0.4, 0.5) is 4.39 Å². The SMILES string of the molecule is Cn1nccc1C(=O)N1CC2(C1)OCCC2CCOc1ncccc1F. The Balaban J connectivity index is 1.32. The number of nitrogens with zero attached hydrogens (tertiary/aromatic N) is 4. The smallest absolute Gasteiger partial charge is 0.272 e. The first-order chi connectivity index (χ1) is 12.6. The fraction of sp³-hybridized carbons (Fsp3) is 0.500. The maximum absolute atomic E-state index is 13.6. The highest BCUT2D eigenvalue weighted by Gasteiger charge is 2.54. The number of likely N-dealkylation sites (tertiary alicyclic amines) is 1. The summed E-state index contributed by atoms with van der Waals surface area (Å²) in [6, 6.07) is 4.58. The normalized spacial score (nSPS) is 21.0. The van der Waals surface area contributed by atoms with Crippen molar-refractivity contribution in [3.8, 4) is 5.88 Å². The number of carbonyl (C=O) groups is 1. The highest BCUT2D eigenvalue weighted by atomic mass is 19.1. The van der Waals surface area contributed by atoms with Crippen LogP contribution in [0.15, 0.2) is 30.6 Å². The lowest BCUT2D eigenvalue weighted by Gasteiger charge is -2.50. The van der Waals surface area contributed by atoms with Crippen molar-refractivity contribution in [2.24, 2.45) is 13.0 Å². The van der Waals surface area contributed by atoms with Crippen molar-refractivity contribution in [1.82, 2.24) is 19.7 Å². The van der Waals surface area contributed by atoms with E-state index in [0.29, 0.717) is 32.0 Å². The second kappa shape index (κ2) is 6.68. The number of hydrogen-bond donors (Lipinski definition) is 0. The molecule has 2 aromatic heterocycles.